The van der Waals surface area contributed by atoms with E-state index in [0.717, 1.165) is 31.1 Å². The van der Waals surface area contributed by atoms with Crippen LogP contribution >= 0.6 is 0 Å². The van der Waals surface area contributed by atoms with Crippen LogP contribution in [0.2, 0.25) is 0 Å². The van der Waals surface area contributed by atoms with E-state index in [4.69, 9.17) is 4.52 Å². The summed E-state index contributed by atoms with van der Waals surface area (Å²) in [6, 6.07) is 0.502. The zero-order valence-electron chi connectivity index (χ0n) is 10.1. The van der Waals surface area contributed by atoms with Crippen molar-refractivity contribution in [2.45, 2.75) is 52.5 Å². The Morgan fingerprint density at radius 3 is 2.67 bits per heavy atom. The number of nitrogens with zero attached hydrogens (tertiary/aromatic N) is 2. The first-order chi connectivity index (χ1) is 7.13. The fourth-order valence-electron chi connectivity index (χ4n) is 1.22. The van der Waals surface area contributed by atoms with Crippen LogP contribution in [0.3, 0.4) is 0 Å². The maximum Gasteiger partial charge on any atom is 0.227 e. The van der Waals surface area contributed by atoms with E-state index in [0.29, 0.717) is 12.0 Å². The molecule has 1 unspecified atom stereocenters. The van der Waals surface area contributed by atoms with Gasteiger partial charge in [0.2, 0.25) is 5.89 Å². The van der Waals surface area contributed by atoms with Gasteiger partial charge >= 0.3 is 0 Å². The monoisotopic (exact) mass is 211 g/mol. The van der Waals surface area contributed by atoms with Crippen molar-refractivity contribution in [1.29, 1.82) is 0 Å². The summed E-state index contributed by atoms with van der Waals surface area (Å²) in [7, 11) is 0. The molecule has 0 amide bonds. The van der Waals surface area contributed by atoms with Crippen molar-refractivity contribution < 1.29 is 4.52 Å². The fraction of sp³-hybridized carbons (Fsp3) is 0.818. The molecule has 86 valence electrons. The van der Waals surface area contributed by atoms with Crippen LogP contribution in [0.15, 0.2) is 4.52 Å². The van der Waals surface area contributed by atoms with Gasteiger partial charge in [0, 0.05) is 24.9 Å². The van der Waals surface area contributed by atoms with Crippen LogP contribution in [0, 0.1) is 0 Å². The van der Waals surface area contributed by atoms with Crippen LogP contribution in [0.5, 0.6) is 0 Å². The van der Waals surface area contributed by atoms with E-state index in [1.807, 2.05) is 0 Å². The highest BCUT2D eigenvalue weighted by atomic mass is 16.5. The molecule has 0 spiro atoms. The lowest BCUT2D eigenvalue weighted by Crippen LogP contribution is -2.25. The van der Waals surface area contributed by atoms with Crippen molar-refractivity contribution in [2.75, 3.05) is 6.54 Å². The summed E-state index contributed by atoms with van der Waals surface area (Å²) in [5.41, 5.74) is 0. The van der Waals surface area contributed by atoms with E-state index < -0.39 is 0 Å². The van der Waals surface area contributed by atoms with E-state index >= 15 is 0 Å². The van der Waals surface area contributed by atoms with Gasteiger partial charge in [-0.1, -0.05) is 32.9 Å². The smallest absolute Gasteiger partial charge is 0.227 e. The first kappa shape index (κ1) is 12.2. The van der Waals surface area contributed by atoms with Gasteiger partial charge in [-0.2, -0.15) is 4.98 Å². The first-order valence-electron chi connectivity index (χ1n) is 5.69. The molecule has 0 fully saturated rings. The van der Waals surface area contributed by atoms with Crippen LogP contribution in [-0.4, -0.2) is 22.7 Å². The number of aromatic nitrogens is 2. The van der Waals surface area contributed by atoms with E-state index in [9.17, 15) is 0 Å². The molecule has 0 bridgehead atoms. The third-order valence-electron chi connectivity index (χ3n) is 2.43. The van der Waals surface area contributed by atoms with Gasteiger partial charge in [-0.3, -0.25) is 0 Å². The molecule has 0 saturated carbocycles. The topological polar surface area (TPSA) is 51.0 Å². The van der Waals surface area contributed by atoms with Crippen molar-refractivity contribution >= 4 is 0 Å². The largest absolute Gasteiger partial charge is 0.339 e. The predicted octanol–water partition coefficient (Wildman–Crippen LogP) is 2.12. The minimum Gasteiger partial charge on any atom is -0.339 e. The lowest BCUT2D eigenvalue weighted by molar-refractivity contribution is 0.366. The molecular weight excluding hydrogens is 190 g/mol. The van der Waals surface area contributed by atoms with Crippen molar-refractivity contribution in [1.82, 2.24) is 15.5 Å². The van der Waals surface area contributed by atoms with Gasteiger partial charge in [0.05, 0.1) is 0 Å². The molecule has 1 heterocycles. The minimum atomic E-state index is 0.389. The highest BCUT2D eigenvalue weighted by Crippen LogP contribution is 2.14. The van der Waals surface area contributed by atoms with E-state index in [1.54, 1.807) is 0 Å². The summed E-state index contributed by atoms with van der Waals surface area (Å²) in [6.07, 6.45) is 1.85. The summed E-state index contributed by atoms with van der Waals surface area (Å²) in [4.78, 5) is 4.36. The molecule has 1 aromatic heterocycles. The van der Waals surface area contributed by atoms with Gasteiger partial charge in [-0.15, -0.1) is 0 Å². The lowest BCUT2D eigenvalue weighted by Gasteiger charge is -2.04. The number of hydrogen-bond donors (Lipinski definition) is 1. The second kappa shape index (κ2) is 5.85. The van der Waals surface area contributed by atoms with Gasteiger partial charge in [0.25, 0.3) is 0 Å². The Labute approximate surface area is 91.5 Å². The summed E-state index contributed by atoms with van der Waals surface area (Å²) >= 11 is 0. The second-order valence-electron chi connectivity index (χ2n) is 4.21. The van der Waals surface area contributed by atoms with Gasteiger partial charge in [-0.25, -0.2) is 0 Å². The Morgan fingerprint density at radius 1 is 1.33 bits per heavy atom. The standard InChI is InChI=1S/C11H21N3O/c1-5-9(4)11-13-10(15-14-11)6-7-12-8(2)3/h8-9,12H,5-7H2,1-4H3. The summed E-state index contributed by atoms with van der Waals surface area (Å²) in [6.45, 7) is 9.37. The fourth-order valence-corrected chi connectivity index (χ4v) is 1.22. The highest BCUT2D eigenvalue weighted by molar-refractivity contribution is 4.93. The summed E-state index contributed by atoms with van der Waals surface area (Å²) in [5.74, 6) is 1.95. The third-order valence-corrected chi connectivity index (χ3v) is 2.43. The second-order valence-corrected chi connectivity index (χ2v) is 4.21. The average molecular weight is 211 g/mol. The molecule has 1 rings (SSSR count). The molecule has 1 atom stereocenters. The van der Waals surface area contributed by atoms with E-state index in [2.05, 4.69) is 43.2 Å². The van der Waals surface area contributed by atoms with Crippen molar-refractivity contribution in [3.05, 3.63) is 11.7 Å². The first-order valence-corrected chi connectivity index (χ1v) is 5.69. The third kappa shape index (κ3) is 4.00. The van der Waals surface area contributed by atoms with Crippen LogP contribution < -0.4 is 5.32 Å². The van der Waals surface area contributed by atoms with E-state index in [1.165, 1.54) is 0 Å². The molecule has 4 nitrogen and oxygen atoms in total. The highest BCUT2D eigenvalue weighted by Gasteiger charge is 2.11. The lowest BCUT2D eigenvalue weighted by atomic mass is 10.1. The average Bonchev–Trinajstić information content (AvgIpc) is 2.65. The maximum atomic E-state index is 5.17. The predicted molar refractivity (Wildman–Crippen MR) is 59.8 cm³/mol. The molecule has 0 radical (unpaired) electrons. The Hall–Kier alpha value is -0.900. The van der Waals surface area contributed by atoms with Gasteiger partial charge in [0.1, 0.15) is 0 Å². The molecule has 0 aliphatic heterocycles. The summed E-state index contributed by atoms with van der Waals surface area (Å²) in [5, 5.41) is 7.29. The van der Waals surface area contributed by atoms with Crippen LogP contribution in [-0.2, 0) is 6.42 Å². The maximum absolute atomic E-state index is 5.17. The summed E-state index contributed by atoms with van der Waals surface area (Å²) < 4.78 is 5.17. The number of rotatable bonds is 6. The Kier molecular flexibility index (Phi) is 4.75. The van der Waals surface area contributed by atoms with Crippen LogP contribution in [0.1, 0.15) is 51.7 Å². The number of nitrogens with one attached hydrogen (secondary N) is 1. The Bertz CT molecular complexity index is 283. The van der Waals surface area contributed by atoms with Crippen molar-refractivity contribution in [2.24, 2.45) is 0 Å². The van der Waals surface area contributed by atoms with Gasteiger partial charge in [0.15, 0.2) is 5.82 Å². The van der Waals surface area contributed by atoms with Crippen LogP contribution in [0.25, 0.3) is 0 Å². The molecule has 0 aliphatic carbocycles. The van der Waals surface area contributed by atoms with Crippen LogP contribution in [0.4, 0.5) is 0 Å². The van der Waals surface area contributed by atoms with E-state index in [-0.39, 0.29) is 0 Å². The molecule has 0 aliphatic rings. The quantitative estimate of drug-likeness (QED) is 0.783. The normalized spacial score (nSPS) is 13.4. The van der Waals surface area contributed by atoms with Gasteiger partial charge < -0.3 is 9.84 Å². The molecule has 4 heteroatoms. The molecule has 15 heavy (non-hydrogen) atoms. The Balaban J connectivity index is 2.39. The molecular formula is C11H21N3O. The number of hydrogen-bond acceptors (Lipinski definition) is 4. The van der Waals surface area contributed by atoms with Gasteiger partial charge in [-0.05, 0) is 6.42 Å². The Morgan fingerprint density at radius 2 is 2.07 bits per heavy atom. The van der Waals surface area contributed by atoms with Crippen molar-refractivity contribution in [3.63, 3.8) is 0 Å². The minimum absolute atomic E-state index is 0.389. The molecule has 0 aromatic carbocycles. The molecule has 1 N–H and O–H groups in total. The van der Waals surface area contributed by atoms with Crippen molar-refractivity contribution in [3.8, 4) is 0 Å². The molecule has 0 saturated heterocycles. The zero-order valence-corrected chi connectivity index (χ0v) is 10.1. The SMILES string of the molecule is CCC(C)c1noc(CCNC(C)C)n1. The molecule has 1 aromatic rings. The zero-order chi connectivity index (χ0) is 11.3.